The normalized spacial score (nSPS) is 10.3. The molecule has 20 heavy (non-hydrogen) atoms. The zero-order valence-electron chi connectivity index (χ0n) is 11.1. The first-order valence-corrected chi connectivity index (χ1v) is 6.85. The number of nitrogens with zero attached hydrogens (tertiary/aromatic N) is 3. The van der Waals surface area contributed by atoms with Gasteiger partial charge in [-0.1, -0.05) is 0 Å². The predicted molar refractivity (Wildman–Crippen MR) is 80.7 cm³/mol. The van der Waals surface area contributed by atoms with Gasteiger partial charge in [0.1, 0.15) is 5.82 Å². The van der Waals surface area contributed by atoms with Crippen molar-refractivity contribution in [1.82, 2.24) is 9.97 Å². The van der Waals surface area contributed by atoms with Gasteiger partial charge in [-0.25, -0.2) is 9.97 Å². The van der Waals surface area contributed by atoms with Crippen molar-refractivity contribution in [2.45, 2.75) is 13.8 Å². The number of aryl methyl sites for hydroxylation is 1. The molecule has 0 aliphatic rings. The molecule has 6 nitrogen and oxygen atoms in total. The first kappa shape index (κ1) is 14.4. The molecule has 0 atom stereocenters. The van der Waals surface area contributed by atoms with Crippen LogP contribution in [-0.4, -0.2) is 21.4 Å². The summed E-state index contributed by atoms with van der Waals surface area (Å²) in [5, 5.41) is 13.8. The molecular weight excluding hydrogens is 324 g/mol. The van der Waals surface area contributed by atoms with Gasteiger partial charge in [-0.15, -0.1) is 0 Å². The van der Waals surface area contributed by atoms with Crippen LogP contribution < -0.4 is 5.32 Å². The summed E-state index contributed by atoms with van der Waals surface area (Å²) in [6.07, 6.45) is 0. The quantitative estimate of drug-likeness (QED) is 0.681. The Labute approximate surface area is 124 Å². The second-order valence-electron chi connectivity index (χ2n) is 4.13. The lowest BCUT2D eigenvalue weighted by molar-refractivity contribution is -0.384. The summed E-state index contributed by atoms with van der Waals surface area (Å²) in [5.74, 6) is 1.25. The van der Waals surface area contributed by atoms with Crippen molar-refractivity contribution < 1.29 is 4.92 Å². The maximum Gasteiger partial charge on any atom is 0.269 e. The summed E-state index contributed by atoms with van der Waals surface area (Å²) in [4.78, 5) is 19.0. The molecule has 0 unspecified atom stereocenters. The Morgan fingerprint density at radius 2 is 1.95 bits per heavy atom. The van der Waals surface area contributed by atoms with Crippen LogP contribution in [0, 0.1) is 17.0 Å². The molecule has 0 radical (unpaired) electrons. The molecule has 0 amide bonds. The minimum absolute atomic E-state index is 0.0505. The molecule has 0 fully saturated rings. The largest absolute Gasteiger partial charge is 0.369 e. The van der Waals surface area contributed by atoms with E-state index in [-0.39, 0.29) is 5.69 Å². The summed E-state index contributed by atoms with van der Waals surface area (Å²) in [5.41, 5.74) is 1.60. The number of aromatic nitrogens is 2. The Balaban J connectivity index is 2.44. The van der Waals surface area contributed by atoms with Crippen LogP contribution in [-0.2, 0) is 0 Å². The van der Waals surface area contributed by atoms with Gasteiger partial charge in [0.15, 0.2) is 5.82 Å². The molecule has 0 aliphatic heterocycles. The molecule has 1 heterocycles. The highest BCUT2D eigenvalue weighted by Crippen LogP contribution is 2.27. The molecule has 0 saturated carbocycles. The molecule has 1 N–H and O–H groups in total. The molecule has 2 rings (SSSR count). The lowest BCUT2D eigenvalue weighted by Gasteiger charge is -2.10. The number of nitro benzene ring substituents is 1. The third-order valence-corrected chi connectivity index (χ3v) is 3.65. The van der Waals surface area contributed by atoms with Gasteiger partial charge in [0, 0.05) is 24.2 Å². The summed E-state index contributed by atoms with van der Waals surface area (Å²) >= 11 is 3.44. The van der Waals surface area contributed by atoms with E-state index in [9.17, 15) is 10.1 Å². The number of halogens is 1. The Bertz CT molecular complexity index is 644. The van der Waals surface area contributed by atoms with Crippen molar-refractivity contribution in [3.05, 3.63) is 44.5 Å². The molecule has 1 aromatic heterocycles. The first-order valence-electron chi connectivity index (χ1n) is 6.05. The Kier molecular flexibility index (Phi) is 4.29. The molecule has 7 heteroatoms. The van der Waals surface area contributed by atoms with Crippen LogP contribution in [0.25, 0.3) is 11.4 Å². The third kappa shape index (κ3) is 2.93. The van der Waals surface area contributed by atoms with Gasteiger partial charge in [0.05, 0.1) is 15.1 Å². The maximum absolute atomic E-state index is 10.6. The third-order valence-electron chi connectivity index (χ3n) is 2.70. The van der Waals surface area contributed by atoms with Crippen molar-refractivity contribution in [3.63, 3.8) is 0 Å². The van der Waals surface area contributed by atoms with Gasteiger partial charge in [0.2, 0.25) is 0 Å². The van der Waals surface area contributed by atoms with Gasteiger partial charge < -0.3 is 5.32 Å². The van der Waals surface area contributed by atoms with Crippen LogP contribution in [0.5, 0.6) is 0 Å². The van der Waals surface area contributed by atoms with E-state index in [4.69, 9.17) is 0 Å². The van der Waals surface area contributed by atoms with Gasteiger partial charge in [-0.05, 0) is 41.9 Å². The van der Waals surface area contributed by atoms with Crippen LogP contribution in [0.15, 0.2) is 28.7 Å². The Hall–Kier alpha value is -2.02. The number of non-ortho nitro benzene ring substituents is 1. The molecule has 1 aromatic carbocycles. The Morgan fingerprint density at radius 1 is 1.30 bits per heavy atom. The fraction of sp³-hybridized carbons (Fsp3) is 0.231. The van der Waals surface area contributed by atoms with Gasteiger partial charge >= 0.3 is 0 Å². The zero-order chi connectivity index (χ0) is 14.7. The molecular formula is C13H13BrN4O2. The maximum atomic E-state index is 10.6. The second kappa shape index (κ2) is 5.96. The van der Waals surface area contributed by atoms with E-state index >= 15 is 0 Å². The number of nitro groups is 1. The number of hydrogen-bond donors (Lipinski definition) is 1. The highest BCUT2D eigenvalue weighted by Gasteiger charge is 2.11. The molecule has 0 aliphatic carbocycles. The van der Waals surface area contributed by atoms with Crippen molar-refractivity contribution >= 4 is 27.4 Å². The summed E-state index contributed by atoms with van der Waals surface area (Å²) in [6.45, 7) is 4.60. The van der Waals surface area contributed by atoms with E-state index < -0.39 is 4.92 Å². The predicted octanol–water partition coefficient (Wildman–Crippen LogP) is 3.55. The van der Waals surface area contributed by atoms with Crippen LogP contribution >= 0.6 is 15.9 Å². The fourth-order valence-corrected chi connectivity index (χ4v) is 2.02. The van der Waals surface area contributed by atoms with Crippen molar-refractivity contribution in [1.29, 1.82) is 0 Å². The summed E-state index contributed by atoms with van der Waals surface area (Å²) in [7, 11) is 0. The van der Waals surface area contributed by atoms with Crippen LogP contribution in [0.3, 0.4) is 0 Å². The van der Waals surface area contributed by atoms with Crippen LogP contribution in [0.1, 0.15) is 12.6 Å². The number of hydrogen-bond acceptors (Lipinski definition) is 5. The monoisotopic (exact) mass is 336 g/mol. The molecule has 2 aromatic rings. The van der Waals surface area contributed by atoms with Crippen molar-refractivity contribution in [2.75, 3.05) is 11.9 Å². The number of rotatable bonds is 4. The lowest BCUT2D eigenvalue weighted by atomic mass is 10.2. The minimum Gasteiger partial charge on any atom is -0.369 e. The zero-order valence-corrected chi connectivity index (χ0v) is 12.6. The van der Waals surface area contributed by atoms with E-state index in [0.29, 0.717) is 11.6 Å². The van der Waals surface area contributed by atoms with Crippen molar-refractivity contribution in [2.24, 2.45) is 0 Å². The Morgan fingerprint density at radius 3 is 2.50 bits per heavy atom. The first-order chi connectivity index (χ1) is 9.52. The van der Waals surface area contributed by atoms with Crippen LogP contribution in [0.4, 0.5) is 11.5 Å². The van der Waals surface area contributed by atoms with E-state index in [1.165, 1.54) is 12.1 Å². The van der Waals surface area contributed by atoms with Crippen molar-refractivity contribution in [3.8, 4) is 11.4 Å². The minimum atomic E-state index is -0.429. The fourth-order valence-electron chi connectivity index (χ4n) is 1.71. The van der Waals surface area contributed by atoms with Crippen LogP contribution in [0.2, 0.25) is 0 Å². The molecule has 0 bridgehead atoms. The molecule has 0 spiro atoms. The average molecular weight is 337 g/mol. The van der Waals surface area contributed by atoms with E-state index in [1.54, 1.807) is 12.1 Å². The highest BCUT2D eigenvalue weighted by molar-refractivity contribution is 9.10. The summed E-state index contributed by atoms with van der Waals surface area (Å²) < 4.78 is 0.824. The smallest absolute Gasteiger partial charge is 0.269 e. The topological polar surface area (TPSA) is 81.0 Å². The SMILES string of the molecule is CCNc1nc(-c2ccc([N+](=O)[O-])cc2)nc(C)c1Br. The molecule has 104 valence electrons. The van der Waals surface area contributed by atoms with E-state index in [1.807, 2.05) is 13.8 Å². The second-order valence-corrected chi connectivity index (χ2v) is 4.92. The number of anilines is 1. The average Bonchev–Trinajstić information content (AvgIpc) is 2.44. The van der Waals surface area contributed by atoms with Gasteiger partial charge in [0.25, 0.3) is 5.69 Å². The van der Waals surface area contributed by atoms with Gasteiger partial charge in [-0.3, -0.25) is 10.1 Å². The molecule has 0 saturated heterocycles. The van der Waals surface area contributed by atoms with E-state index in [2.05, 4.69) is 31.2 Å². The van der Waals surface area contributed by atoms with E-state index in [0.717, 1.165) is 22.3 Å². The number of nitrogens with one attached hydrogen (secondary N) is 1. The number of benzene rings is 1. The van der Waals surface area contributed by atoms with Gasteiger partial charge in [-0.2, -0.15) is 0 Å². The highest BCUT2D eigenvalue weighted by atomic mass is 79.9. The summed E-state index contributed by atoms with van der Waals surface area (Å²) in [6, 6.07) is 6.19. The standard InChI is InChI=1S/C13H13BrN4O2/c1-3-15-13-11(14)8(2)16-12(17-13)9-4-6-10(7-5-9)18(19)20/h4-7H,3H2,1-2H3,(H,15,16,17). The lowest BCUT2D eigenvalue weighted by Crippen LogP contribution is -2.04.